The molecule has 1 saturated carbocycles. The first kappa shape index (κ1) is 14.1. The van der Waals surface area contributed by atoms with E-state index in [0.29, 0.717) is 11.5 Å². The lowest BCUT2D eigenvalue weighted by atomic mass is 10.2. The van der Waals surface area contributed by atoms with Gasteiger partial charge >= 0.3 is 0 Å². The topological polar surface area (TPSA) is 56.7 Å². The van der Waals surface area contributed by atoms with Crippen LogP contribution in [0.3, 0.4) is 0 Å². The van der Waals surface area contributed by atoms with Crippen LogP contribution in [0, 0.1) is 5.41 Å². The summed E-state index contributed by atoms with van der Waals surface area (Å²) in [6.45, 7) is 8.35. The lowest BCUT2D eigenvalue weighted by Gasteiger charge is -2.36. The molecule has 1 atom stereocenters. The summed E-state index contributed by atoms with van der Waals surface area (Å²) in [5, 5.41) is 3.58. The Kier molecular flexibility index (Phi) is 3.69. The molecule has 6 nitrogen and oxygen atoms in total. The molecule has 0 radical (unpaired) electrons. The second-order valence-corrected chi connectivity index (χ2v) is 6.46. The van der Waals surface area contributed by atoms with Crippen molar-refractivity contribution >= 4 is 11.9 Å². The Morgan fingerprint density at radius 2 is 1.86 bits per heavy atom. The third kappa shape index (κ3) is 3.09. The van der Waals surface area contributed by atoms with Crippen LogP contribution in [0.5, 0.6) is 0 Å². The zero-order chi connectivity index (χ0) is 14.9. The van der Waals surface area contributed by atoms with Crippen LogP contribution < -0.4 is 10.2 Å². The van der Waals surface area contributed by atoms with Gasteiger partial charge in [-0.25, -0.2) is 9.97 Å². The molecule has 1 N–H and O–H groups in total. The average molecular weight is 288 g/mol. The van der Waals surface area contributed by atoms with E-state index in [1.807, 2.05) is 13.1 Å². The number of aromatic nitrogens is 2. The minimum Gasteiger partial charge on any atom is -0.353 e. The standard InChI is InChI=1S/C15H24N6/c1-15(2)11-12(15)19-13(16-3)20-7-9-21(10-8-20)14-17-5-4-6-18-14/h4-6,12H,7-11H2,1-3H3,(H,16,19). The Morgan fingerprint density at radius 3 is 2.38 bits per heavy atom. The van der Waals surface area contributed by atoms with Crippen LogP contribution in [0.1, 0.15) is 20.3 Å². The number of hydrogen-bond acceptors (Lipinski definition) is 4. The van der Waals surface area contributed by atoms with Crippen molar-refractivity contribution in [2.24, 2.45) is 10.4 Å². The molecule has 1 saturated heterocycles. The van der Waals surface area contributed by atoms with E-state index in [0.717, 1.165) is 38.1 Å². The van der Waals surface area contributed by atoms with Gasteiger partial charge in [0.15, 0.2) is 5.96 Å². The zero-order valence-electron chi connectivity index (χ0n) is 13.1. The third-order valence-corrected chi connectivity index (χ3v) is 4.44. The van der Waals surface area contributed by atoms with E-state index in [9.17, 15) is 0 Å². The summed E-state index contributed by atoms with van der Waals surface area (Å²) in [6, 6.07) is 2.41. The Morgan fingerprint density at radius 1 is 1.24 bits per heavy atom. The normalized spacial score (nSPS) is 24.9. The average Bonchev–Trinajstić information content (AvgIpc) is 3.13. The van der Waals surface area contributed by atoms with Crippen molar-refractivity contribution in [1.29, 1.82) is 0 Å². The molecular weight excluding hydrogens is 264 g/mol. The maximum atomic E-state index is 4.44. The highest BCUT2D eigenvalue weighted by atomic mass is 15.4. The predicted molar refractivity (Wildman–Crippen MR) is 84.5 cm³/mol. The summed E-state index contributed by atoms with van der Waals surface area (Å²) in [7, 11) is 1.87. The highest BCUT2D eigenvalue weighted by molar-refractivity contribution is 5.81. The summed E-state index contributed by atoms with van der Waals surface area (Å²) >= 11 is 0. The number of hydrogen-bond donors (Lipinski definition) is 1. The van der Waals surface area contributed by atoms with Gasteiger partial charge < -0.3 is 15.1 Å². The molecule has 2 heterocycles. The number of rotatable bonds is 2. The van der Waals surface area contributed by atoms with Crippen molar-refractivity contribution < 1.29 is 0 Å². The Labute approximate surface area is 126 Å². The Balaban J connectivity index is 1.55. The van der Waals surface area contributed by atoms with Crippen LogP contribution in [-0.4, -0.2) is 60.1 Å². The van der Waals surface area contributed by atoms with Gasteiger partial charge in [0, 0.05) is 51.7 Å². The van der Waals surface area contributed by atoms with Crippen molar-refractivity contribution in [3.05, 3.63) is 18.5 Å². The Bertz CT molecular complexity index is 504. The lowest BCUT2D eigenvalue weighted by molar-refractivity contribution is 0.367. The van der Waals surface area contributed by atoms with Gasteiger partial charge in [-0.15, -0.1) is 0 Å². The largest absolute Gasteiger partial charge is 0.353 e. The van der Waals surface area contributed by atoms with Crippen LogP contribution in [-0.2, 0) is 0 Å². The van der Waals surface area contributed by atoms with E-state index < -0.39 is 0 Å². The van der Waals surface area contributed by atoms with Crippen LogP contribution in [0.4, 0.5) is 5.95 Å². The number of nitrogens with zero attached hydrogens (tertiary/aromatic N) is 5. The molecule has 2 aliphatic rings. The van der Waals surface area contributed by atoms with Gasteiger partial charge in [0.2, 0.25) is 5.95 Å². The molecule has 0 bridgehead atoms. The monoisotopic (exact) mass is 288 g/mol. The van der Waals surface area contributed by atoms with Gasteiger partial charge in [0.25, 0.3) is 0 Å². The highest BCUT2D eigenvalue weighted by Gasteiger charge is 2.46. The van der Waals surface area contributed by atoms with Crippen molar-refractivity contribution in [2.45, 2.75) is 26.3 Å². The zero-order valence-corrected chi connectivity index (χ0v) is 13.1. The first-order chi connectivity index (χ1) is 10.1. The van der Waals surface area contributed by atoms with Crippen LogP contribution in [0.25, 0.3) is 0 Å². The number of piperazine rings is 1. The molecular formula is C15H24N6. The minimum atomic E-state index is 0.412. The van der Waals surface area contributed by atoms with Crippen molar-refractivity contribution in [3.8, 4) is 0 Å². The molecule has 1 unspecified atom stereocenters. The molecule has 21 heavy (non-hydrogen) atoms. The molecule has 2 fully saturated rings. The molecule has 3 rings (SSSR count). The molecule has 6 heteroatoms. The Hall–Kier alpha value is -1.85. The molecule has 1 aromatic heterocycles. The van der Waals surface area contributed by atoms with E-state index in [-0.39, 0.29) is 0 Å². The number of aliphatic imine (C=N–C) groups is 1. The second-order valence-electron chi connectivity index (χ2n) is 6.46. The number of guanidine groups is 1. The summed E-state index contributed by atoms with van der Waals surface area (Å²) in [6.07, 6.45) is 4.82. The highest BCUT2D eigenvalue weighted by Crippen LogP contribution is 2.44. The first-order valence-electron chi connectivity index (χ1n) is 7.60. The van der Waals surface area contributed by atoms with E-state index in [1.165, 1.54) is 6.42 Å². The van der Waals surface area contributed by atoms with Gasteiger partial charge in [-0.05, 0) is 17.9 Å². The van der Waals surface area contributed by atoms with E-state index in [1.54, 1.807) is 12.4 Å². The molecule has 1 aromatic rings. The molecule has 1 aliphatic heterocycles. The van der Waals surface area contributed by atoms with E-state index in [2.05, 4.69) is 43.9 Å². The predicted octanol–water partition coefficient (Wildman–Crippen LogP) is 0.972. The van der Waals surface area contributed by atoms with Crippen LogP contribution >= 0.6 is 0 Å². The second kappa shape index (κ2) is 5.50. The van der Waals surface area contributed by atoms with Gasteiger partial charge in [0.1, 0.15) is 0 Å². The molecule has 0 aromatic carbocycles. The van der Waals surface area contributed by atoms with Crippen LogP contribution in [0.2, 0.25) is 0 Å². The van der Waals surface area contributed by atoms with Gasteiger partial charge in [-0.1, -0.05) is 13.8 Å². The quantitative estimate of drug-likeness (QED) is 0.649. The summed E-state index contributed by atoms with van der Waals surface area (Å²) in [5.74, 6) is 1.85. The molecule has 114 valence electrons. The van der Waals surface area contributed by atoms with Crippen LogP contribution in [0.15, 0.2) is 23.5 Å². The summed E-state index contributed by atoms with van der Waals surface area (Å²) in [4.78, 5) is 17.6. The SMILES string of the molecule is CN=C(NC1CC1(C)C)N1CCN(c2ncccn2)CC1. The van der Waals surface area contributed by atoms with Crippen molar-refractivity contribution in [3.63, 3.8) is 0 Å². The van der Waals surface area contributed by atoms with E-state index >= 15 is 0 Å². The van der Waals surface area contributed by atoms with E-state index in [4.69, 9.17) is 0 Å². The molecule has 0 spiro atoms. The van der Waals surface area contributed by atoms with Crippen molar-refractivity contribution in [2.75, 3.05) is 38.1 Å². The fourth-order valence-electron chi connectivity index (χ4n) is 2.74. The maximum absolute atomic E-state index is 4.44. The van der Waals surface area contributed by atoms with Gasteiger partial charge in [0.05, 0.1) is 0 Å². The maximum Gasteiger partial charge on any atom is 0.225 e. The van der Waals surface area contributed by atoms with Gasteiger partial charge in [-0.2, -0.15) is 0 Å². The fraction of sp³-hybridized carbons (Fsp3) is 0.667. The van der Waals surface area contributed by atoms with Crippen molar-refractivity contribution in [1.82, 2.24) is 20.2 Å². The number of anilines is 1. The smallest absolute Gasteiger partial charge is 0.225 e. The summed E-state index contributed by atoms with van der Waals surface area (Å²) < 4.78 is 0. The molecule has 0 amide bonds. The van der Waals surface area contributed by atoms with Gasteiger partial charge in [-0.3, -0.25) is 4.99 Å². The fourth-order valence-corrected chi connectivity index (χ4v) is 2.74. The molecule has 1 aliphatic carbocycles. The first-order valence-corrected chi connectivity index (χ1v) is 7.60. The third-order valence-electron chi connectivity index (χ3n) is 4.44. The summed E-state index contributed by atoms with van der Waals surface area (Å²) in [5.41, 5.74) is 0.412. The number of nitrogens with one attached hydrogen (secondary N) is 1. The minimum absolute atomic E-state index is 0.412. The lowest BCUT2D eigenvalue weighted by Crippen LogP contribution is -2.53.